The minimum Gasteiger partial charge on any atom is -0.461 e. The van der Waals surface area contributed by atoms with Crippen molar-refractivity contribution in [3.63, 3.8) is 0 Å². The van der Waals surface area contributed by atoms with Crippen molar-refractivity contribution in [2.45, 2.75) is 213 Å². The van der Waals surface area contributed by atoms with Gasteiger partial charge >= 0.3 is 30.0 Å². The second-order valence-corrected chi connectivity index (χ2v) is 25.5. The fraction of sp³-hybridized carbons (Fsp3) is 0.885. The topological polar surface area (TPSA) is 158 Å². The van der Waals surface area contributed by atoms with E-state index in [1.165, 1.54) is 6.92 Å². The highest BCUT2D eigenvalue weighted by atomic mass is 16.8. The molecule has 12 nitrogen and oxygen atoms in total. The molecular weight excluding hydrogens is 817 g/mol. The minimum atomic E-state index is -1.22. The van der Waals surface area contributed by atoms with Crippen LogP contribution in [0.2, 0.25) is 0 Å². The van der Waals surface area contributed by atoms with Gasteiger partial charge in [-0.1, -0.05) is 69.2 Å². The predicted molar refractivity (Wildman–Crippen MR) is 243 cm³/mol. The second kappa shape index (κ2) is 20.0. The average molecular weight is 903 g/mol. The first-order chi connectivity index (χ1) is 29.2. The third-order valence-corrected chi connectivity index (χ3v) is 15.3. The summed E-state index contributed by atoms with van der Waals surface area (Å²) in [5, 5.41) is 0. The molecule has 0 bridgehead atoms. The summed E-state index contributed by atoms with van der Waals surface area (Å²) >= 11 is 0. The van der Waals surface area contributed by atoms with Crippen molar-refractivity contribution < 1.29 is 57.2 Å². The minimum absolute atomic E-state index is 0.122. The fourth-order valence-electron chi connectivity index (χ4n) is 13.3. The quantitative estimate of drug-likeness (QED) is 0.0774. The van der Waals surface area contributed by atoms with E-state index in [1.807, 2.05) is 41.5 Å². The Hall–Kier alpha value is -3.18. The second-order valence-electron chi connectivity index (χ2n) is 25.5. The van der Waals surface area contributed by atoms with Crippen LogP contribution in [0.3, 0.4) is 0 Å². The Balaban J connectivity index is 1.26. The number of Topliss-reactive ketones (excluding diaryl/α,β-unsaturated/α-hetero) is 1. The van der Waals surface area contributed by atoms with Crippen molar-refractivity contribution in [2.75, 3.05) is 13.2 Å². The molecule has 12 heteroatoms. The largest absolute Gasteiger partial charge is 0.511 e. The molecule has 0 N–H and O–H groups in total. The molecule has 4 rings (SSSR count). The van der Waals surface area contributed by atoms with Crippen molar-refractivity contribution in [2.24, 2.45) is 67.5 Å². The van der Waals surface area contributed by atoms with Gasteiger partial charge in [-0.3, -0.25) is 24.0 Å². The lowest BCUT2D eigenvalue weighted by atomic mass is 9.44. The Bertz CT molecular complexity index is 1650. The number of ketones is 1. The lowest BCUT2D eigenvalue weighted by molar-refractivity contribution is -0.177. The van der Waals surface area contributed by atoms with Crippen LogP contribution >= 0.6 is 0 Å². The third kappa shape index (κ3) is 13.9. The summed E-state index contributed by atoms with van der Waals surface area (Å²) in [6.45, 7) is 30.3. The van der Waals surface area contributed by atoms with Crippen LogP contribution in [0, 0.1) is 67.5 Å². The van der Waals surface area contributed by atoms with E-state index >= 15 is 0 Å². The zero-order chi connectivity index (χ0) is 48.4. The van der Waals surface area contributed by atoms with Crippen LogP contribution < -0.4 is 0 Å². The third-order valence-electron chi connectivity index (χ3n) is 15.3. The normalized spacial score (nSPS) is 29.0. The molecule has 4 saturated carbocycles. The van der Waals surface area contributed by atoms with E-state index in [4.69, 9.17) is 28.4 Å². The van der Waals surface area contributed by atoms with E-state index in [9.17, 15) is 28.8 Å². The van der Waals surface area contributed by atoms with Crippen molar-refractivity contribution in [3.05, 3.63) is 0 Å². The van der Waals surface area contributed by atoms with Crippen molar-refractivity contribution in [1.29, 1.82) is 0 Å². The molecule has 0 saturated heterocycles. The van der Waals surface area contributed by atoms with Crippen LogP contribution in [-0.2, 0) is 52.4 Å². The Kier molecular flexibility index (Phi) is 16.7. The molecule has 0 spiro atoms. The standard InChI is InChI=1S/C52H86O12/c1-32(53)38-19-20-39-37-18-17-34-25-35(21-23-51(34,15)40(37)22-24-52(38,39)16)64-45(58)62-33(2)61-41(54)26-48(9,10)27-42(55)63-36(28-59-43(56)49(11,12)30-46(3,4)5)29-60-44(57)50(13,14)31-47(6,7)8/h33-40H,17-31H2,1-16H3/t33?,34?,35-,37-,38+,39?,40?,51-,52+/m0/s1. The SMILES string of the molecule is CC(=O)[C@H]1CCC2[C@@H]3CCC4C[C@@H](OC(=O)OC(C)OC(=O)CC(C)(C)CC(=O)OC(COC(=O)C(C)(C)CC(C)(C)C)COC(=O)C(C)(C)CC(C)(C)C)CC[C@]4(C)C3CC[C@@]21C. The van der Waals surface area contributed by atoms with E-state index in [-0.39, 0.29) is 59.7 Å². The van der Waals surface area contributed by atoms with Crippen LogP contribution in [0.4, 0.5) is 4.79 Å². The number of hydrogen-bond donors (Lipinski definition) is 0. The molecule has 0 heterocycles. The molecule has 0 aliphatic heterocycles. The predicted octanol–water partition coefficient (Wildman–Crippen LogP) is 11.4. The van der Waals surface area contributed by atoms with E-state index < -0.39 is 58.7 Å². The lowest BCUT2D eigenvalue weighted by Gasteiger charge is -2.61. The van der Waals surface area contributed by atoms with Gasteiger partial charge in [-0.25, -0.2) is 4.79 Å². The maximum atomic E-state index is 13.4. The smallest absolute Gasteiger partial charge is 0.461 e. The Labute approximate surface area is 385 Å². The Morgan fingerprint density at radius 3 is 1.62 bits per heavy atom. The highest BCUT2D eigenvalue weighted by Gasteiger charge is 2.61. The molecule has 4 aliphatic carbocycles. The number of esters is 4. The molecule has 64 heavy (non-hydrogen) atoms. The molecule has 4 unspecified atom stereocenters. The molecule has 4 fully saturated rings. The molecular formula is C52H86O12. The van der Waals surface area contributed by atoms with Crippen LogP contribution in [0.25, 0.3) is 0 Å². The van der Waals surface area contributed by atoms with E-state index in [0.29, 0.717) is 42.3 Å². The van der Waals surface area contributed by atoms with Crippen LogP contribution in [0.5, 0.6) is 0 Å². The van der Waals surface area contributed by atoms with Crippen molar-refractivity contribution >= 4 is 35.8 Å². The van der Waals surface area contributed by atoms with Gasteiger partial charge in [-0.15, -0.1) is 0 Å². The van der Waals surface area contributed by atoms with E-state index in [1.54, 1.807) is 48.5 Å². The first-order valence-corrected chi connectivity index (χ1v) is 24.3. The van der Waals surface area contributed by atoms with Crippen LogP contribution in [0.1, 0.15) is 194 Å². The molecule has 0 amide bonds. The van der Waals surface area contributed by atoms with Crippen LogP contribution in [0.15, 0.2) is 0 Å². The number of hydrogen-bond acceptors (Lipinski definition) is 12. The summed E-state index contributed by atoms with van der Waals surface area (Å²) < 4.78 is 33.7. The zero-order valence-electron chi connectivity index (χ0n) is 42.6. The number of carbonyl (C=O) groups is 6. The highest BCUT2D eigenvalue weighted by molar-refractivity contribution is 5.80. The lowest BCUT2D eigenvalue weighted by Crippen LogP contribution is -2.54. The maximum Gasteiger partial charge on any atom is 0.511 e. The van der Waals surface area contributed by atoms with Crippen molar-refractivity contribution in [3.8, 4) is 0 Å². The van der Waals surface area contributed by atoms with Crippen LogP contribution in [-0.4, -0.2) is 67.5 Å². The summed E-state index contributed by atoms with van der Waals surface area (Å²) in [5.41, 5.74) is -2.54. The summed E-state index contributed by atoms with van der Waals surface area (Å²) in [6, 6.07) is 0. The van der Waals surface area contributed by atoms with Gasteiger partial charge < -0.3 is 28.4 Å². The summed E-state index contributed by atoms with van der Waals surface area (Å²) in [4.78, 5) is 78.4. The van der Waals surface area contributed by atoms with Gasteiger partial charge in [0.15, 0.2) is 6.10 Å². The van der Waals surface area contributed by atoms with E-state index in [0.717, 1.165) is 57.8 Å². The molecule has 9 atom stereocenters. The summed E-state index contributed by atoms with van der Waals surface area (Å²) in [5.74, 6) is 0.590. The van der Waals surface area contributed by atoms with Gasteiger partial charge in [0.25, 0.3) is 0 Å². The summed E-state index contributed by atoms with van der Waals surface area (Å²) in [7, 11) is 0. The van der Waals surface area contributed by atoms with Gasteiger partial charge in [-0.2, -0.15) is 0 Å². The van der Waals surface area contributed by atoms with Gasteiger partial charge in [0.1, 0.15) is 25.1 Å². The molecule has 4 aliphatic rings. The average Bonchev–Trinajstić information content (AvgIpc) is 3.47. The Morgan fingerprint density at radius 1 is 0.609 bits per heavy atom. The molecule has 0 radical (unpaired) electrons. The van der Waals surface area contributed by atoms with Crippen molar-refractivity contribution in [1.82, 2.24) is 0 Å². The first-order valence-electron chi connectivity index (χ1n) is 24.3. The number of carbonyl (C=O) groups excluding carboxylic acids is 6. The molecule has 0 aromatic rings. The number of rotatable bonds is 17. The molecule has 0 aromatic carbocycles. The van der Waals surface area contributed by atoms with Gasteiger partial charge in [0, 0.05) is 12.8 Å². The first kappa shape index (κ1) is 53.4. The molecule has 366 valence electrons. The van der Waals surface area contributed by atoms with Gasteiger partial charge in [0.2, 0.25) is 6.29 Å². The number of fused-ring (bicyclic) bond motifs is 5. The highest BCUT2D eigenvalue weighted by Crippen LogP contribution is 2.67. The van der Waals surface area contributed by atoms with E-state index in [2.05, 4.69) is 13.8 Å². The van der Waals surface area contributed by atoms with Gasteiger partial charge in [-0.05, 0) is 156 Å². The number of ether oxygens (including phenoxy) is 6. The maximum absolute atomic E-state index is 13.4. The monoisotopic (exact) mass is 903 g/mol. The zero-order valence-corrected chi connectivity index (χ0v) is 42.6. The van der Waals surface area contributed by atoms with Gasteiger partial charge in [0.05, 0.1) is 23.7 Å². The summed E-state index contributed by atoms with van der Waals surface area (Å²) in [6.07, 6.45) is 6.46. The fourth-order valence-corrected chi connectivity index (χ4v) is 13.3. The Morgan fingerprint density at radius 2 is 1.11 bits per heavy atom. The molecule has 0 aromatic heterocycles.